The maximum absolute atomic E-state index is 13.4. The number of benzene rings is 1. The summed E-state index contributed by atoms with van der Waals surface area (Å²) in [4.78, 5) is 24.3. The summed E-state index contributed by atoms with van der Waals surface area (Å²) in [5.41, 5.74) is 1.21. The van der Waals surface area contributed by atoms with Crippen molar-refractivity contribution in [3.05, 3.63) is 47.3 Å². The molecule has 1 amide bonds. The summed E-state index contributed by atoms with van der Waals surface area (Å²) in [5.74, 6) is -1.31. The van der Waals surface area contributed by atoms with Crippen LogP contribution in [-0.4, -0.2) is 30.4 Å². The molecule has 0 fully saturated rings. The molecule has 0 aliphatic heterocycles. The smallest absolute Gasteiger partial charge is 0.331 e. The van der Waals surface area contributed by atoms with Crippen LogP contribution in [0, 0.1) is 5.82 Å². The first-order valence-electron chi connectivity index (χ1n) is 6.19. The van der Waals surface area contributed by atoms with Crippen molar-refractivity contribution in [2.24, 2.45) is 0 Å². The van der Waals surface area contributed by atoms with Crippen molar-refractivity contribution in [1.29, 1.82) is 0 Å². The highest BCUT2D eigenvalue weighted by molar-refractivity contribution is 5.86. The number of allylic oxidation sites excluding steroid dienone is 1. The van der Waals surface area contributed by atoms with E-state index in [1.807, 2.05) is 0 Å². The maximum Gasteiger partial charge on any atom is 0.331 e. The second-order valence-corrected chi connectivity index (χ2v) is 4.67. The molecule has 0 heterocycles. The number of nitrogens with zero attached hydrogens (tertiary/aromatic N) is 1. The van der Waals surface area contributed by atoms with E-state index in [0.29, 0.717) is 5.56 Å². The van der Waals surface area contributed by atoms with Gasteiger partial charge in [0, 0.05) is 25.2 Å². The summed E-state index contributed by atoms with van der Waals surface area (Å²) < 4.78 is 18.2. The Morgan fingerprint density at radius 1 is 1.30 bits per heavy atom. The van der Waals surface area contributed by atoms with E-state index in [2.05, 4.69) is 0 Å². The lowest BCUT2D eigenvalue weighted by molar-refractivity contribution is -0.147. The quantitative estimate of drug-likeness (QED) is 0.613. The molecule has 0 saturated carbocycles. The van der Waals surface area contributed by atoms with Gasteiger partial charge in [0.1, 0.15) is 5.82 Å². The van der Waals surface area contributed by atoms with E-state index < -0.39 is 5.97 Å². The minimum absolute atomic E-state index is 0.131. The van der Waals surface area contributed by atoms with Gasteiger partial charge in [0.2, 0.25) is 0 Å². The Morgan fingerprint density at radius 3 is 2.55 bits per heavy atom. The van der Waals surface area contributed by atoms with Crippen molar-refractivity contribution in [2.45, 2.75) is 20.4 Å². The zero-order valence-corrected chi connectivity index (χ0v) is 11.9. The number of carbonyl (C=O) groups excluding carboxylic acids is 2. The van der Waals surface area contributed by atoms with Crippen LogP contribution in [0.15, 0.2) is 35.9 Å². The van der Waals surface area contributed by atoms with Crippen LogP contribution in [0.1, 0.15) is 19.4 Å². The number of hydrogen-bond donors (Lipinski definition) is 0. The van der Waals surface area contributed by atoms with E-state index >= 15 is 0 Å². The second kappa shape index (κ2) is 7.43. The highest BCUT2D eigenvalue weighted by Gasteiger charge is 2.13. The van der Waals surface area contributed by atoms with Crippen molar-refractivity contribution < 1.29 is 18.7 Å². The van der Waals surface area contributed by atoms with E-state index in [4.69, 9.17) is 4.74 Å². The number of likely N-dealkylation sites (N-methyl/N-ethyl adjacent to an activating group) is 1. The van der Waals surface area contributed by atoms with Gasteiger partial charge < -0.3 is 9.64 Å². The van der Waals surface area contributed by atoms with Crippen LogP contribution < -0.4 is 0 Å². The van der Waals surface area contributed by atoms with Crippen LogP contribution in [0.25, 0.3) is 0 Å². The van der Waals surface area contributed by atoms with Crippen LogP contribution in [0.5, 0.6) is 0 Å². The molecule has 0 spiro atoms. The number of carbonyl (C=O) groups is 2. The minimum atomic E-state index is -0.558. The number of amides is 1. The molecule has 0 aromatic heterocycles. The largest absolute Gasteiger partial charge is 0.452 e. The van der Waals surface area contributed by atoms with Gasteiger partial charge in [-0.3, -0.25) is 4.79 Å². The standard InChI is InChI=1S/C15H18FNO3/c1-11(2)8-15(19)20-10-14(18)17(3)9-12-6-4-5-7-13(12)16/h4-8H,9-10H2,1-3H3. The zero-order chi connectivity index (χ0) is 15.1. The molecule has 5 heteroatoms. The summed E-state index contributed by atoms with van der Waals surface area (Å²) in [6, 6.07) is 6.23. The molecule has 1 aromatic rings. The van der Waals surface area contributed by atoms with Crippen LogP contribution in [-0.2, 0) is 20.9 Å². The molecule has 108 valence electrons. The molecule has 0 unspecified atom stereocenters. The molecule has 4 nitrogen and oxygen atoms in total. The molecule has 0 saturated heterocycles. The van der Waals surface area contributed by atoms with E-state index in [-0.39, 0.29) is 24.9 Å². The van der Waals surface area contributed by atoms with Gasteiger partial charge in [0.05, 0.1) is 0 Å². The first-order valence-corrected chi connectivity index (χ1v) is 6.19. The molecule has 0 aliphatic carbocycles. The molecule has 0 atom stereocenters. The lowest BCUT2D eigenvalue weighted by Crippen LogP contribution is -2.30. The SMILES string of the molecule is CC(C)=CC(=O)OCC(=O)N(C)Cc1ccccc1F. The number of esters is 1. The minimum Gasteiger partial charge on any atom is -0.452 e. The third-order valence-corrected chi connectivity index (χ3v) is 2.54. The van der Waals surface area contributed by atoms with Gasteiger partial charge in [-0.25, -0.2) is 9.18 Å². The lowest BCUT2D eigenvalue weighted by Gasteiger charge is -2.17. The third-order valence-electron chi connectivity index (χ3n) is 2.54. The Morgan fingerprint density at radius 2 is 1.95 bits per heavy atom. The van der Waals surface area contributed by atoms with E-state index in [0.717, 1.165) is 5.57 Å². The molecule has 20 heavy (non-hydrogen) atoms. The van der Waals surface area contributed by atoms with Crippen LogP contribution in [0.3, 0.4) is 0 Å². The normalized spacial score (nSPS) is 9.80. The predicted molar refractivity (Wildman–Crippen MR) is 73.3 cm³/mol. The third kappa shape index (κ3) is 5.22. The Kier molecular flexibility index (Phi) is 5.90. The molecular formula is C15H18FNO3. The van der Waals surface area contributed by atoms with Crippen molar-refractivity contribution in [3.8, 4) is 0 Å². The van der Waals surface area contributed by atoms with Crippen molar-refractivity contribution >= 4 is 11.9 Å². The fourth-order valence-electron chi connectivity index (χ4n) is 1.49. The van der Waals surface area contributed by atoms with Crippen LogP contribution >= 0.6 is 0 Å². The van der Waals surface area contributed by atoms with Gasteiger partial charge in [0.15, 0.2) is 6.61 Å². The van der Waals surface area contributed by atoms with Gasteiger partial charge in [-0.2, -0.15) is 0 Å². The van der Waals surface area contributed by atoms with Crippen molar-refractivity contribution in [1.82, 2.24) is 4.90 Å². The van der Waals surface area contributed by atoms with Gasteiger partial charge in [-0.1, -0.05) is 23.8 Å². The second-order valence-electron chi connectivity index (χ2n) is 4.67. The maximum atomic E-state index is 13.4. The Balaban J connectivity index is 2.50. The Hall–Kier alpha value is -2.17. The summed E-state index contributed by atoms with van der Waals surface area (Å²) in [6.07, 6.45) is 1.31. The monoisotopic (exact) mass is 279 g/mol. The highest BCUT2D eigenvalue weighted by atomic mass is 19.1. The molecular weight excluding hydrogens is 261 g/mol. The fourth-order valence-corrected chi connectivity index (χ4v) is 1.49. The summed E-state index contributed by atoms with van der Waals surface area (Å²) in [6.45, 7) is 3.29. The Labute approximate surface area is 117 Å². The topological polar surface area (TPSA) is 46.6 Å². The number of ether oxygens (including phenoxy) is 1. The average Bonchev–Trinajstić information content (AvgIpc) is 2.37. The van der Waals surface area contributed by atoms with Crippen LogP contribution in [0.4, 0.5) is 4.39 Å². The highest BCUT2D eigenvalue weighted by Crippen LogP contribution is 2.09. The van der Waals surface area contributed by atoms with Gasteiger partial charge in [-0.05, 0) is 19.9 Å². The number of rotatable bonds is 5. The first kappa shape index (κ1) is 15.9. The summed E-state index contributed by atoms with van der Waals surface area (Å²) in [5, 5.41) is 0. The molecule has 0 aliphatic rings. The zero-order valence-electron chi connectivity index (χ0n) is 11.9. The Bertz CT molecular complexity index is 522. The number of hydrogen-bond acceptors (Lipinski definition) is 3. The van der Waals surface area contributed by atoms with Crippen LogP contribution in [0.2, 0.25) is 0 Å². The number of halogens is 1. The molecule has 1 rings (SSSR count). The van der Waals surface area contributed by atoms with Crippen molar-refractivity contribution in [3.63, 3.8) is 0 Å². The van der Waals surface area contributed by atoms with Crippen molar-refractivity contribution in [2.75, 3.05) is 13.7 Å². The van der Waals surface area contributed by atoms with Gasteiger partial charge in [0.25, 0.3) is 5.91 Å². The molecule has 0 N–H and O–H groups in total. The summed E-state index contributed by atoms with van der Waals surface area (Å²) >= 11 is 0. The van der Waals surface area contributed by atoms with E-state index in [1.165, 1.54) is 24.1 Å². The lowest BCUT2D eigenvalue weighted by atomic mass is 10.2. The van der Waals surface area contributed by atoms with E-state index in [1.54, 1.807) is 32.0 Å². The average molecular weight is 279 g/mol. The predicted octanol–water partition coefficient (Wildman–Crippen LogP) is 2.29. The molecule has 1 aromatic carbocycles. The van der Waals surface area contributed by atoms with Gasteiger partial charge in [-0.15, -0.1) is 0 Å². The molecule has 0 bridgehead atoms. The first-order chi connectivity index (χ1) is 9.40. The van der Waals surface area contributed by atoms with E-state index in [9.17, 15) is 14.0 Å². The molecule has 0 radical (unpaired) electrons. The van der Waals surface area contributed by atoms with Gasteiger partial charge >= 0.3 is 5.97 Å². The fraction of sp³-hybridized carbons (Fsp3) is 0.333. The summed E-state index contributed by atoms with van der Waals surface area (Å²) in [7, 11) is 1.53.